The Morgan fingerprint density at radius 1 is 0.600 bits per heavy atom. The van der Waals surface area contributed by atoms with Crippen LogP contribution in [0.2, 0.25) is 0 Å². The average Bonchev–Trinajstić information content (AvgIpc) is 1.94. The van der Waals surface area contributed by atoms with Crippen molar-refractivity contribution in [2.24, 2.45) is 0 Å². The summed E-state index contributed by atoms with van der Waals surface area (Å²) in [6, 6.07) is 3.04. The number of aliphatic hydroxyl groups excluding tert-OH is 2. The molecule has 0 bridgehead atoms. The van der Waals surface area contributed by atoms with Crippen molar-refractivity contribution in [3.05, 3.63) is 92.1 Å². The first-order chi connectivity index (χ1) is 40.4. The molecule has 0 unspecified atom stereocenters. The van der Waals surface area contributed by atoms with Gasteiger partial charge >= 0.3 is 12.2 Å². The quantitative estimate of drug-likeness (QED) is 0.0879. The van der Waals surface area contributed by atoms with Crippen LogP contribution >= 0.6 is 0 Å². The summed E-state index contributed by atoms with van der Waals surface area (Å²) < 4.78 is 31.6. The summed E-state index contributed by atoms with van der Waals surface area (Å²) in [5, 5.41) is 23.7. The van der Waals surface area contributed by atoms with Crippen LogP contribution in [0.1, 0.15) is 176 Å². The van der Waals surface area contributed by atoms with E-state index in [4.69, 9.17) is 23.7 Å². The van der Waals surface area contributed by atoms with Crippen LogP contribution in [-0.2, 0) is 45.1 Å². The molecule has 2 fully saturated rings. The highest BCUT2D eigenvalue weighted by Gasteiger charge is 2.48. The van der Waals surface area contributed by atoms with Gasteiger partial charge < -0.3 is 58.4 Å². The lowest BCUT2D eigenvalue weighted by Crippen LogP contribution is -2.51. The number of carbonyl (C=O) groups excluding carboxylic acids is 7. The molecule has 6 heterocycles. The van der Waals surface area contributed by atoms with Gasteiger partial charge in [-0.1, -0.05) is 46.6 Å². The van der Waals surface area contributed by atoms with Crippen molar-refractivity contribution in [1.82, 2.24) is 29.4 Å². The molecule has 8 rings (SSSR count). The van der Waals surface area contributed by atoms with Gasteiger partial charge in [0, 0.05) is 114 Å². The minimum absolute atomic E-state index is 0.0346. The van der Waals surface area contributed by atoms with Gasteiger partial charge in [0.25, 0.3) is 18.3 Å². The molecule has 85 heavy (non-hydrogen) atoms. The van der Waals surface area contributed by atoms with Gasteiger partial charge in [-0.15, -0.1) is 0 Å². The number of nitrogens with zero attached hydrogens (tertiary/aromatic N) is 6. The van der Waals surface area contributed by atoms with Crippen LogP contribution in [0.4, 0.5) is 9.59 Å². The molecule has 2 N–H and O–H groups in total. The number of allylic oxidation sites excluding steroid dienone is 8. The predicted octanol–water partition coefficient (Wildman–Crippen LogP) is 8.96. The van der Waals surface area contributed by atoms with Crippen LogP contribution in [-0.4, -0.2) is 170 Å². The van der Waals surface area contributed by atoms with Gasteiger partial charge in [0.15, 0.2) is 6.23 Å². The third-order valence-corrected chi connectivity index (χ3v) is 17.7. The van der Waals surface area contributed by atoms with Gasteiger partial charge in [0.1, 0.15) is 34.2 Å². The Labute approximate surface area is 500 Å². The number of amides is 6. The molecule has 0 aliphatic carbocycles. The predicted molar refractivity (Wildman–Crippen MR) is 318 cm³/mol. The van der Waals surface area contributed by atoms with Crippen LogP contribution < -0.4 is 18.9 Å². The minimum Gasteiger partial charge on any atom is -0.484 e. The van der Waals surface area contributed by atoms with Crippen LogP contribution in [0.3, 0.4) is 0 Å². The highest BCUT2D eigenvalue weighted by atomic mass is 16.6. The van der Waals surface area contributed by atoms with Crippen molar-refractivity contribution in [2.75, 3.05) is 58.9 Å². The van der Waals surface area contributed by atoms with E-state index in [1.54, 1.807) is 20.8 Å². The van der Waals surface area contributed by atoms with E-state index in [-0.39, 0.29) is 118 Å². The summed E-state index contributed by atoms with van der Waals surface area (Å²) in [5.74, 6) is -0.164. The van der Waals surface area contributed by atoms with Crippen LogP contribution in [0.5, 0.6) is 23.0 Å². The molecule has 0 saturated carbocycles. The van der Waals surface area contributed by atoms with Gasteiger partial charge in [-0.2, -0.15) is 0 Å². The molecule has 2 aromatic carbocycles. The molecule has 0 aromatic heterocycles. The molecule has 20 nitrogen and oxygen atoms in total. The van der Waals surface area contributed by atoms with E-state index in [1.807, 2.05) is 13.8 Å². The van der Waals surface area contributed by atoms with Crippen molar-refractivity contribution in [3.8, 4) is 23.0 Å². The third kappa shape index (κ3) is 14.9. The molecular weight excluding hydrogens is 1090 g/mol. The monoisotopic (exact) mass is 1180 g/mol. The highest BCUT2D eigenvalue weighted by molar-refractivity contribution is 6.01. The second-order valence-corrected chi connectivity index (χ2v) is 24.7. The Morgan fingerprint density at radius 3 is 1.45 bits per heavy atom. The van der Waals surface area contributed by atoms with Crippen LogP contribution in [0.25, 0.3) is 0 Å². The molecular formula is C65H88N6O14. The zero-order valence-corrected chi connectivity index (χ0v) is 51.5. The van der Waals surface area contributed by atoms with Crippen molar-refractivity contribution in [1.29, 1.82) is 0 Å². The number of hydrogen-bond donors (Lipinski definition) is 2. The Kier molecular flexibility index (Phi) is 20.6. The summed E-state index contributed by atoms with van der Waals surface area (Å²) >= 11 is 0. The average molecular weight is 1180 g/mol. The molecule has 462 valence electrons. The maximum absolute atomic E-state index is 14.8. The first-order valence-corrected chi connectivity index (χ1v) is 30.2. The van der Waals surface area contributed by atoms with Crippen molar-refractivity contribution >= 4 is 42.3 Å². The van der Waals surface area contributed by atoms with Gasteiger partial charge in [-0.25, -0.2) is 9.59 Å². The van der Waals surface area contributed by atoms with E-state index in [1.165, 1.54) is 56.9 Å². The lowest BCUT2D eigenvalue weighted by molar-refractivity contribution is -0.141. The topological polar surface area (TPSA) is 226 Å². The highest BCUT2D eigenvalue weighted by Crippen LogP contribution is 2.49. The maximum atomic E-state index is 14.8. The lowest BCUT2D eigenvalue weighted by atomic mass is 9.84. The number of aliphatic hydroxyl groups is 2. The number of rotatable bonds is 21. The summed E-state index contributed by atoms with van der Waals surface area (Å²) in [6.45, 7) is 22.0. The molecule has 20 heteroatoms. The Hall–Kier alpha value is -7.19. The van der Waals surface area contributed by atoms with E-state index in [0.29, 0.717) is 85.6 Å². The molecule has 2 saturated heterocycles. The molecule has 5 atom stereocenters. The molecule has 0 radical (unpaired) electrons. The summed E-state index contributed by atoms with van der Waals surface area (Å²) in [6.07, 6.45) is 10.7. The fourth-order valence-corrected chi connectivity index (χ4v) is 12.2. The van der Waals surface area contributed by atoms with Crippen molar-refractivity contribution < 1.29 is 67.5 Å². The summed E-state index contributed by atoms with van der Waals surface area (Å²) in [4.78, 5) is 103. The van der Waals surface area contributed by atoms with Crippen LogP contribution in [0.15, 0.2) is 58.7 Å². The lowest BCUT2D eigenvalue weighted by Gasteiger charge is -2.41. The molecule has 6 aliphatic heterocycles. The van der Waals surface area contributed by atoms with Crippen molar-refractivity contribution in [2.45, 2.75) is 189 Å². The van der Waals surface area contributed by atoms with Crippen LogP contribution in [0, 0.1) is 0 Å². The standard InChI is InChI=1S/C65H88N6O14/c1-41(2)16-11-18-43(5)20-13-23-64(9)55(75)36-49-53(82-62(79)68-30-26-66(27-31-68)45(7)73)34-47-51(58(49)84-64)38-70(60(47)77)25-15-22-57(81-40-72)71-39-52-48(61(71)78)35-54(83-63(80)69-32-28-67(29-33-69)46(8)74)50-37-56(76)65(10,85-59(50)52)24-14-21-44(6)19-12-17-42(3)4/h16-17,20-21,34-35,40,55-57,75-76H,11-15,18-19,22-33,36-39H2,1-10H3/b43-20+,44-21+/t55-,56-,57+,64+,65+/m0/s1. The maximum Gasteiger partial charge on any atom is 0.415 e. The van der Waals surface area contributed by atoms with E-state index < -0.39 is 47.7 Å². The van der Waals surface area contributed by atoms with Gasteiger partial charge in [0.05, 0.1) is 36.4 Å². The number of piperazine rings is 2. The zero-order chi connectivity index (χ0) is 61.5. The Morgan fingerprint density at radius 2 is 1.02 bits per heavy atom. The van der Waals surface area contributed by atoms with E-state index in [2.05, 4.69) is 65.8 Å². The van der Waals surface area contributed by atoms with E-state index in [0.717, 1.165) is 25.7 Å². The fourth-order valence-electron chi connectivity index (χ4n) is 12.2. The SMILES string of the molecule is CC(=O)N1CCN(C(=O)Oc2cc3c(c4c2C[C@H](O)[C@@](C)(CC/C=C(\C)CCC=C(C)C)O4)CN(CCC[C@@H](OC=O)N2Cc4c(cc(OC(=O)N5CCN(C(C)=O)CC5)c5c4O[C@](C)(CC/C=C(\C)CCC=C(C)C)[C@@H](O)C5)C2=O)C3=O)CC1. The number of benzene rings is 2. The Bertz CT molecular complexity index is 3020. The normalized spacial score (nSPS) is 22.4. The van der Waals surface area contributed by atoms with E-state index in [9.17, 15) is 43.8 Å². The molecule has 2 aromatic rings. The number of hydrogen-bond acceptors (Lipinski definition) is 14. The van der Waals surface area contributed by atoms with Gasteiger partial charge in [0.2, 0.25) is 11.8 Å². The van der Waals surface area contributed by atoms with Crippen molar-refractivity contribution in [3.63, 3.8) is 0 Å². The Balaban J connectivity index is 1.01. The minimum atomic E-state index is -1.10. The summed E-state index contributed by atoms with van der Waals surface area (Å²) in [5.41, 5.74) is 5.24. The first-order valence-electron chi connectivity index (χ1n) is 30.2. The van der Waals surface area contributed by atoms with Gasteiger partial charge in [-0.3, -0.25) is 28.9 Å². The second-order valence-electron chi connectivity index (χ2n) is 24.7. The number of carbonyl (C=O) groups is 7. The number of ether oxygens (including phenoxy) is 5. The zero-order valence-electron chi connectivity index (χ0n) is 51.5. The molecule has 6 amide bonds. The molecule has 0 spiro atoms. The first kappa shape index (κ1) is 63.8. The molecule has 6 aliphatic rings. The van der Waals surface area contributed by atoms with Gasteiger partial charge in [-0.05, 0) is 125 Å². The largest absolute Gasteiger partial charge is 0.484 e. The summed E-state index contributed by atoms with van der Waals surface area (Å²) in [7, 11) is 0. The fraction of sp³-hybridized carbons (Fsp3) is 0.585. The smallest absolute Gasteiger partial charge is 0.415 e. The second kappa shape index (κ2) is 27.5. The number of fused-ring (bicyclic) bond motifs is 6. The third-order valence-electron chi connectivity index (χ3n) is 17.7. The van der Waals surface area contributed by atoms with E-state index >= 15 is 0 Å².